The molecule has 0 radical (unpaired) electrons. The van der Waals surface area contributed by atoms with Crippen molar-refractivity contribution in [2.45, 2.75) is 86.5 Å². The summed E-state index contributed by atoms with van der Waals surface area (Å²) in [4.78, 5) is 0. The Kier molecular flexibility index (Phi) is 32.7. The van der Waals surface area contributed by atoms with Crippen LogP contribution in [-0.2, 0) is 0 Å². The van der Waals surface area contributed by atoms with Crippen LogP contribution in [0.25, 0.3) is 0 Å². The van der Waals surface area contributed by atoms with Gasteiger partial charge < -0.3 is 0 Å². The van der Waals surface area contributed by atoms with Gasteiger partial charge in [-0.15, -0.1) is 0 Å². The highest BCUT2D eigenvalue weighted by Crippen LogP contribution is 2.15. The van der Waals surface area contributed by atoms with Crippen molar-refractivity contribution in [3.05, 3.63) is 0 Å². The van der Waals surface area contributed by atoms with Gasteiger partial charge in [-0.2, -0.15) is 0 Å². The van der Waals surface area contributed by atoms with Gasteiger partial charge >= 0.3 is 0 Å². The standard InChI is InChI=1S/2C3H6.2C3H8.CH4/c2*1-2-3-1;2*1-3-2;/h2*1-3H2;2*3H2,1-2H3;1H4. The highest BCUT2D eigenvalue weighted by atomic mass is 14.0. The molecule has 0 atom stereocenters. The van der Waals surface area contributed by atoms with E-state index in [2.05, 4.69) is 27.7 Å². The van der Waals surface area contributed by atoms with Gasteiger partial charge in [0, 0.05) is 0 Å². The maximum absolute atomic E-state index is 2.12. The van der Waals surface area contributed by atoms with Crippen LogP contribution in [0.15, 0.2) is 0 Å². The van der Waals surface area contributed by atoms with Gasteiger partial charge in [0.2, 0.25) is 0 Å². The predicted octanol–water partition coefficient (Wildman–Crippen LogP) is 5.81. The second-order valence-electron chi connectivity index (χ2n) is 3.54. The fraction of sp³-hybridized carbons (Fsp3) is 1.00. The molecule has 84 valence electrons. The topological polar surface area (TPSA) is 0 Å². The molecule has 0 aromatic carbocycles. The van der Waals surface area contributed by atoms with Gasteiger partial charge in [-0.05, 0) is 0 Å². The van der Waals surface area contributed by atoms with Crippen molar-refractivity contribution in [1.29, 1.82) is 0 Å². The molecule has 2 fully saturated rings. The molecule has 0 spiro atoms. The van der Waals surface area contributed by atoms with E-state index in [-0.39, 0.29) is 7.43 Å². The average molecular weight is 188 g/mol. The Morgan fingerprint density at radius 3 is 0.615 bits per heavy atom. The molecule has 0 aromatic rings. The molecule has 2 saturated carbocycles. The van der Waals surface area contributed by atoms with Gasteiger partial charge in [0.25, 0.3) is 0 Å². The summed E-state index contributed by atoms with van der Waals surface area (Å²) in [6.07, 6.45) is 11.5. The molecule has 0 N–H and O–H groups in total. The molecule has 0 heterocycles. The molecule has 2 aliphatic carbocycles. The molecule has 0 saturated heterocycles. The lowest BCUT2D eigenvalue weighted by Crippen LogP contribution is -1.27. The van der Waals surface area contributed by atoms with E-state index in [1.165, 1.54) is 51.4 Å². The number of rotatable bonds is 0. The minimum atomic E-state index is 0. The van der Waals surface area contributed by atoms with Crippen LogP contribution in [0.1, 0.15) is 86.5 Å². The zero-order valence-corrected chi connectivity index (χ0v) is 9.66. The number of hydrogen-bond acceptors (Lipinski definition) is 0. The van der Waals surface area contributed by atoms with Gasteiger partial charge in [-0.3, -0.25) is 0 Å². The molecule has 0 unspecified atom stereocenters. The van der Waals surface area contributed by atoms with E-state index in [1.54, 1.807) is 0 Å². The van der Waals surface area contributed by atoms with Crippen molar-refractivity contribution in [2.24, 2.45) is 0 Å². The highest BCUT2D eigenvalue weighted by Gasteiger charge is 1.95. The summed E-state index contributed by atoms with van der Waals surface area (Å²) in [5.41, 5.74) is 0. The Morgan fingerprint density at radius 2 is 0.615 bits per heavy atom. The molecule has 2 aliphatic rings. The van der Waals surface area contributed by atoms with E-state index >= 15 is 0 Å². The van der Waals surface area contributed by atoms with E-state index in [0.29, 0.717) is 0 Å². The monoisotopic (exact) mass is 188 g/mol. The van der Waals surface area contributed by atoms with E-state index in [9.17, 15) is 0 Å². The van der Waals surface area contributed by atoms with Crippen molar-refractivity contribution >= 4 is 0 Å². The fourth-order valence-corrected chi connectivity index (χ4v) is 0. The molecule has 0 amide bonds. The first-order valence-electron chi connectivity index (χ1n) is 5.83. The second-order valence-corrected chi connectivity index (χ2v) is 3.54. The Labute approximate surface area is 87.1 Å². The van der Waals surface area contributed by atoms with Crippen LogP contribution in [0.3, 0.4) is 0 Å². The van der Waals surface area contributed by atoms with Crippen LogP contribution in [-0.4, -0.2) is 0 Å². The zero-order valence-electron chi connectivity index (χ0n) is 9.66. The zero-order chi connectivity index (χ0) is 9.66. The lowest BCUT2D eigenvalue weighted by molar-refractivity contribution is 1.09. The Balaban J connectivity index is -0.0000001000. The summed E-state index contributed by atoms with van der Waals surface area (Å²) in [7, 11) is 0. The van der Waals surface area contributed by atoms with Crippen LogP contribution in [0.4, 0.5) is 0 Å². The molecule has 0 aliphatic heterocycles. The van der Waals surface area contributed by atoms with E-state index < -0.39 is 0 Å². The molecule has 2 rings (SSSR count). The molecule has 0 heteroatoms. The summed E-state index contributed by atoms with van der Waals surface area (Å²) >= 11 is 0. The summed E-state index contributed by atoms with van der Waals surface area (Å²) in [5, 5.41) is 0. The van der Waals surface area contributed by atoms with Gasteiger partial charge in [-0.25, -0.2) is 0 Å². The molecular formula is C13H32. The molecule has 0 aromatic heterocycles. The largest absolute Gasteiger partial charge is 0.0776 e. The maximum atomic E-state index is 2.12. The third-order valence-corrected chi connectivity index (χ3v) is 0.707. The lowest BCUT2D eigenvalue weighted by Gasteiger charge is -1.48. The minimum absolute atomic E-state index is 0. The van der Waals surface area contributed by atoms with Crippen LogP contribution in [0.5, 0.6) is 0 Å². The summed E-state index contributed by atoms with van der Waals surface area (Å²) in [6.45, 7) is 8.50. The number of hydrogen-bond donors (Lipinski definition) is 0. The van der Waals surface area contributed by atoms with E-state index in [1.807, 2.05) is 0 Å². The van der Waals surface area contributed by atoms with Gasteiger partial charge in [0.05, 0.1) is 0 Å². The molecule has 13 heavy (non-hydrogen) atoms. The van der Waals surface area contributed by atoms with Crippen molar-refractivity contribution in [3.63, 3.8) is 0 Å². The van der Waals surface area contributed by atoms with Crippen LogP contribution in [0.2, 0.25) is 0 Å². The van der Waals surface area contributed by atoms with E-state index in [0.717, 1.165) is 0 Å². The first-order chi connectivity index (χ1) is 5.83. The second kappa shape index (κ2) is 22.7. The molecule has 0 nitrogen and oxygen atoms in total. The average Bonchev–Trinajstić information content (AvgIpc) is 2.88. The van der Waals surface area contributed by atoms with Crippen molar-refractivity contribution in [3.8, 4) is 0 Å². The first-order valence-corrected chi connectivity index (χ1v) is 5.83. The van der Waals surface area contributed by atoms with Gasteiger partial charge in [-0.1, -0.05) is 86.5 Å². The van der Waals surface area contributed by atoms with Gasteiger partial charge in [0.1, 0.15) is 0 Å². The van der Waals surface area contributed by atoms with Crippen LogP contribution >= 0.6 is 0 Å². The smallest absolute Gasteiger partial charge is 0.0533 e. The summed E-state index contributed by atoms with van der Waals surface area (Å²) < 4.78 is 0. The van der Waals surface area contributed by atoms with E-state index in [4.69, 9.17) is 0 Å². The quantitative estimate of drug-likeness (QED) is 0.450. The lowest BCUT2D eigenvalue weighted by atomic mass is 10.6. The van der Waals surface area contributed by atoms with Crippen LogP contribution in [0, 0.1) is 0 Å². The Morgan fingerprint density at radius 1 is 0.538 bits per heavy atom. The molecular weight excluding hydrogens is 156 g/mol. The van der Waals surface area contributed by atoms with Gasteiger partial charge in [0.15, 0.2) is 0 Å². The maximum Gasteiger partial charge on any atom is -0.0533 e. The summed E-state index contributed by atoms with van der Waals surface area (Å²) in [5.74, 6) is 0. The third kappa shape index (κ3) is 300. The Hall–Kier alpha value is 0. The Bertz CT molecular complexity index is 30.5. The minimum Gasteiger partial charge on any atom is -0.0776 e. The van der Waals surface area contributed by atoms with Crippen molar-refractivity contribution in [1.82, 2.24) is 0 Å². The normalized spacial score (nSPS) is 13.8. The predicted molar refractivity (Wildman–Crippen MR) is 66.4 cm³/mol. The molecule has 0 bridgehead atoms. The first kappa shape index (κ1) is 18.7. The van der Waals surface area contributed by atoms with Crippen molar-refractivity contribution in [2.75, 3.05) is 0 Å². The third-order valence-electron chi connectivity index (χ3n) is 0.707. The SMILES string of the molecule is C.C1CC1.C1CC1.CCC.CCC. The van der Waals surface area contributed by atoms with Crippen molar-refractivity contribution < 1.29 is 0 Å². The summed E-state index contributed by atoms with van der Waals surface area (Å²) in [6, 6.07) is 0. The highest BCUT2D eigenvalue weighted by molar-refractivity contribution is 4.51. The van der Waals surface area contributed by atoms with Crippen LogP contribution < -0.4 is 0 Å². The fourth-order valence-electron chi connectivity index (χ4n) is 0.